The van der Waals surface area contributed by atoms with Crippen LogP contribution in [-0.4, -0.2) is 0 Å². The molecule has 0 bridgehead atoms. The topological polar surface area (TPSA) is 16.4 Å². The van der Waals surface area contributed by atoms with E-state index in [4.69, 9.17) is 4.42 Å². The van der Waals surface area contributed by atoms with E-state index in [9.17, 15) is 0 Å². The average Bonchev–Trinajstić information content (AvgIpc) is 3.85. The largest absolute Gasteiger partial charge is 0.455 e. The first kappa shape index (κ1) is 42.6. The molecular weight excluding hydrogens is 871 g/mol. The van der Waals surface area contributed by atoms with Gasteiger partial charge in [-0.15, -0.1) is 0 Å². The van der Waals surface area contributed by atoms with Crippen molar-refractivity contribution in [2.45, 2.75) is 0 Å². The molecule has 0 saturated heterocycles. The van der Waals surface area contributed by atoms with Crippen molar-refractivity contribution in [1.29, 1.82) is 0 Å². The van der Waals surface area contributed by atoms with Gasteiger partial charge in [-0.2, -0.15) is 0 Å². The van der Waals surface area contributed by atoms with E-state index in [-0.39, 0.29) is 0 Å². The molecule has 338 valence electrons. The van der Waals surface area contributed by atoms with Gasteiger partial charge in [-0.05, 0) is 150 Å². The van der Waals surface area contributed by atoms with Crippen molar-refractivity contribution in [2.75, 3.05) is 4.90 Å². The SMILES string of the molecule is c1ccc(-c2cc(-c3ccccc3)cc(-c3ccc(-c4ccccc4)cc3-c3ccc(N(c4ccc(-c5cccc6ccccc56)cc4)c4ccc(-c5cccc6c5oc5ccccc56)cc4)cc3)c2)cc1. The summed E-state index contributed by atoms with van der Waals surface area (Å²) in [6, 6.07) is 103. The summed E-state index contributed by atoms with van der Waals surface area (Å²) in [5.74, 6) is 0. The van der Waals surface area contributed by atoms with Gasteiger partial charge < -0.3 is 9.32 Å². The third-order valence-corrected chi connectivity index (χ3v) is 14.1. The molecule has 13 rings (SSSR count). The Balaban J connectivity index is 0.934. The Labute approximate surface area is 420 Å². The molecule has 1 aromatic heterocycles. The van der Waals surface area contributed by atoms with Gasteiger partial charge >= 0.3 is 0 Å². The van der Waals surface area contributed by atoms with Crippen molar-refractivity contribution in [1.82, 2.24) is 0 Å². The van der Waals surface area contributed by atoms with Gasteiger partial charge in [0.1, 0.15) is 11.2 Å². The molecule has 2 nitrogen and oxygen atoms in total. The van der Waals surface area contributed by atoms with Gasteiger partial charge in [-0.1, -0.05) is 218 Å². The van der Waals surface area contributed by atoms with E-state index in [1.165, 1.54) is 72.0 Å². The maximum Gasteiger partial charge on any atom is 0.143 e. The number of rotatable bonds is 10. The smallest absolute Gasteiger partial charge is 0.143 e. The molecule has 1 heterocycles. The maximum atomic E-state index is 6.49. The van der Waals surface area contributed by atoms with Crippen LogP contribution in [0.1, 0.15) is 0 Å². The summed E-state index contributed by atoms with van der Waals surface area (Å²) in [6.45, 7) is 0. The monoisotopic (exact) mass is 917 g/mol. The van der Waals surface area contributed by atoms with Crippen LogP contribution in [0, 0.1) is 0 Å². The lowest BCUT2D eigenvalue weighted by atomic mass is 9.88. The summed E-state index contributed by atoms with van der Waals surface area (Å²) >= 11 is 0. The predicted molar refractivity (Wildman–Crippen MR) is 304 cm³/mol. The quantitative estimate of drug-likeness (QED) is 0.136. The van der Waals surface area contributed by atoms with Gasteiger partial charge in [0.15, 0.2) is 0 Å². The van der Waals surface area contributed by atoms with Crippen molar-refractivity contribution in [3.05, 3.63) is 285 Å². The van der Waals surface area contributed by atoms with Crippen LogP contribution < -0.4 is 4.90 Å². The van der Waals surface area contributed by atoms with Crippen LogP contribution >= 0.6 is 0 Å². The summed E-state index contributed by atoms with van der Waals surface area (Å²) in [4.78, 5) is 2.36. The molecule has 0 spiro atoms. The van der Waals surface area contributed by atoms with Crippen molar-refractivity contribution in [2.24, 2.45) is 0 Å². The molecule has 0 fully saturated rings. The molecule has 0 amide bonds. The van der Waals surface area contributed by atoms with Crippen molar-refractivity contribution in [3.8, 4) is 77.9 Å². The summed E-state index contributed by atoms with van der Waals surface area (Å²) in [5.41, 5.74) is 21.3. The molecule has 0 unspecified atom stereocenters. The van der Waals surface area contributed by atoms with E-state index < -0.39 is 0 Å². The number of hydrogen-bond acceptors (Lipinski definition) is 2. The second-order valence-electron chi connectivity index (χ2n) is 18.4. The molecule has 0 aliphatic carbocycles. The first-order chi connectivity index (χ1) is 35.7. The third-order valence-electron chi connectivity index (χ3n) is 14.1. The Kier molecular flexibility index (Phi) is 10.9. The zero-order valence-electron chi connectivity index (χ0n) is 39.5. The molecule has 0 atom stereocenters. The molecular formula is C70H47NO. The lowest BCUT2D eigenvalue weighted by Crippen LogP contribution is -2.09. The standard InChI is InChI=1S/C70H47NO/c1-4-16-48(17-5-1)55-36-43-64(58-45-56(49-18-6-2-7-19-49)44-57(46-58)50-20-8-3-9-21-50)68(47-55)54-34-41-61(42-35-54)71(59-37-30-52(31-38-59)63-26-14-23-51-22-10-11-24-62(51)63)60-39-32-53(33-40-60)65-27-15-28-67-66-25-12-13-29-69(66)72-70(65)67/h1-47H. The van der Waals surface area contributed by atoms with Crippen LogP contribution in [0.5, 0.6) is 0 Å². The number of fused-ring (bicyclic) bond motifs is 4. The number of nitrogens with zero attached hydrogens (tertiary/aromatic N) is 1. The van der Waals surface area contributed by atoms with E-state index in [2.05, 4.69) is 278 Å². The molecule has 0 aliphatic rings. The molecule has 0 N–H and O–H groups in total. The van der Waals surface area contributed by atoms with E-state index in [0.29, 0.717) is 0 Å². The minimum Gasteiger partial charge on any atom is -0.455 e. The Bertz CT molecular complexity index is 3980. The molecule has 72 heavy (non-hydrogen) atoms. The minimum atomic E-state index is 0.898. The molecule has 12 aromatic carbocycles. The Morgan fingerprint density at radius 1 is 0.222 bits per heavy atom. The van der Waals surface area contributed by atoms with Crippen molar-refractivity contribution < 1.29 is 4.42 Å². The number of para-hydroxylation sites is 2. The fraction of sp³-hybridized carbons (Fsp3) is 0. The number of benzene rings is 12. The highest BCUT2D eigenvalue weighted by Gasteiger charge is 2.19. The first-order valence-electron chi connectivity index (χ1n) is 24.6. The lowest BCUT2D eigenvalue weighted by molar-refractivity contribution is 0.670. The van der Waals surface area contributed by atoms with Crippen LogP contribution in [0.2, 0.25) is 0 Å². The van der Waals surface area contributed by atoms with Gasteiger partial charge in [0, 0.05) is 33.4 Å². The second kappa shape index (κ2) is 18.4. The number of furan rings is 1. The maximum absolute atomic E-state index is 6.49. The van der Waals surface area contributed by atoms with Crippen LogP contribution in [-0.2, 0) is 0 Å². The van der Waals surface area contributed by atoms with Crippen LogP contribution in [0.4, 0.5) is 17.1 Å². The normalized spacial score (nSPS) is 11.3. The van der Waals surface area contributed by atoms with E-state index >= 15 is 0 Å². The molecule has 2 heteroatoms. The van der Waals surface area contributed by atoms with Gasteiger partial charge in [-0.25, -0.2) is 0 Å². The van der Waals surface area contributed by atoms with Gasteiger partial charge in [0.2, 0.25) is 0 Å². The Morgan fingerprint density at radius 2 is 0.653 bits per heavy atom. The molecule has 13 aromatic rings. The summed E-state index contributed by atoms with van der Waals surface area (Å²) < 4.78 is 6.49. The highest BCUT2D eigenvalue weighted by molar-refractivity contribution is 6.09. The van der Waals surface area contributed by atoms with Crippen LogP contribution in [0.25, 0.3) is 111 Å². The zero-order valence-corrected chi connectivity index (χ0v) is 39.5. The van der Waals surface area contributed by atoms with E-state index in [1.807, 2.05) is 12.1 Å². The highest BCUT2D eigenvalue weighted by Crippen LogP contribution is 2.43. The van der Waals surface area contributed by atoms with Gasteiger partial charge in [-0.3, -0.25) is 0 Å². The average molecular weight is 918 g/mol. The number of anilines is 3. The minimum absolute atomic E-state index is 0.898. The van der Waals surface area contributed by atoms with Gasteiger partial charge in [0.25, 0.3) is 0 Å². The molecule has 0 saturated carbocycles. The first-order valence-corrected chi connectivity index (χ1v) is 24.6. The van der Waals surface area contributed by atoms with Crippen LogP contribution in [0.15, 0.2) is 290 Å². The summed E-state index contributed by atoms with van der Waals surface area (Å²) in [7, 11) is 0. The summed E-state index contributed by atoms with van der Waals surface area (Å²) in [6.07, 6.45) is 0. The van der Waals surface area contributed by atoms with Crippen molar-refractivity contribution in [3.63, 3.8) is 0 Å². The molecule has 0 aliphatic heterocycles. The van der Waals surface area contributed by atoms with Gasteiger partial charge in [0.05, 0.1) is 0 Å². The lowest BCUT2D eigenvalue weighted by Gasteiger charge is -2.26. The highest BCUT2D eigenvalue weighted by atomic mass is 16.3. The fourth-order valence-corrected chi connectivity index (χ4v) is 10.5. The van der Waals surface area contributed by atoms with E-state index in [1.54, 1.807) is 0 Å². The number of hydrogen-bond donors (Lipinski definition) is 0. The Hall–Kier alpha value is -9.50. The Morgan fingerprint density at radius 3 is 1.26 bits per heavy atom. The third kappa shape index (κ3) is 8.01. The summed E-state index contributed by atoms with van der Waals surface area (Å²) in [5, 5.41) is 4.73. The fourth-order valence-electron chi connectivity index (χ4n) is 10.5. The predicted octanol–water partition coefficient (Wildman–Crippen LogP) is 19.9. The zero-order chi connectivity index (χ0) is 47.8. The second-order valence-corrected chi connectivity index (χ2v) is 18.4. The molecule has 0 radical (unpaired) electrons. The van der Waals surface area contributed by atoms with E-state index in [0.717, 1.165) is 55.7 Å². The van der Waals surface area contributed by atoms with Crippen molar-refractivity contribution >= 4 is 49.8 Å². The van der Waals surface area contributed by atoms with Crippen LogP contribution in [0.3, 0.4) is 0 Å².